The summed E-state index contributed by atoms with van der Waals surface area (Å²) in [7, 11) is 0. The number of ether oxygens (including phenoxy) is 2. The molecule has 2 aromatic rings. The molecule has 1 saturated heterocycles. The fourth-order valence-corrected chi connectivity index (χ4v) is 4.72. The third kappa shape index (κ3) is 5.55. The van der Waals surface area contributed by atoms with Crippen LogP contribution >= 0.6 is 0 Å². The fraction of sp³-hybridized carbons (Fsp3) is 0.538. The van der Waals surface area contributed by atoms with E-state index in [9.17, 15) is 9.59 Å². The molecule has 1 atom stereocenters. The molecule has 182 valence electrons. The van der Waals surface area contributed by atoms with Gasteiger partial charge in [0.1, 0.15) is 24.4 Å². The van der Waals surface area contributed by atoms with E-state index in [4.69, 9.17) is 9.47 Å². The molecule has 0 bridgehead atoms. The summed E-state index contributed by atoms with van der Waals surface area (Å²) in [5, 5.41) is 0. The average molecular weight is 467 g/mol. The highest BCUT2D eigenvalue weighted by atomic mass is 16.5. The number of rotatable bonds is 4. The molecule has 2 aliphatic heterocycles. The first-order valence-corrected chi connectivity index (χ1v) is 12.3. The Morgan fingerprint density at radius 1 is 1.15 bits per heavy atom. The van der Waals surface area contributed by atoms with Crippen molar-refractivity contribution < 1.29 is 19.1 Å². The number of unbranched alkanes of at least 4 members (excludes halogenated alkanes) is 1. The summed E-state index contributed by atoms with van der Waals surface area (Å²) in [4.78, 5) is 38.7. The first kappa shape index (κ1) is 24.1. The second kappa shape index (κ2) is 11.4. The highest BCUT2D eigenvalue weighted by Crippen LogP contribution is 2.30. The normalized spacial score (nSPS) is 21.9. The number of hydrogen-bond donors (Lipinski definition) is 0. The third-order valence-electron chi connectivity index (χ3n) is 6.60. The smallest absolute Gasteiger partial charge is 0.272 e. The lowest BCUT2D eigenvalue weighted by Crippen LogP contribution is -2.62. The number of aryl methyl sites for hydroxylation is 1. The minimum absolute atomic E-state index is 0.0430. The van der Waals surface area contributed by atoms with Gasteiger partial charge in [-0.2, -0.15) is 0 Å². The SMILES string of the molecule is CCCCN1CCOc2ccccc2CCCCC2(CN(C(=O)c3ccncn3)CCO2)C1=O. The Bertz CT molecular complexity index is 970. The molecule has 0 saturated carbocycles. The van der Waals surface area contributed by atoms with E-state index >= 15 is 0 Å². The lowest BCUT2D eigenvalue weighted by atomic mass is 9.90. The Balaban J connectivity index is 1.58. The number of para-hydroxylation sites is 1. The van der Waals surface area contributed by atoms with Crippen LogP contribution in [0.4, 0.5) is 0 Å². The Kier molecular flexibility index (Phi) is 8.11. The van der Waals surface area contributed by atoms with Crippen molar-refractivity contribution >= 4 is 11.8 Å². The minimum atomic E-state index is -1.05. The molecular weight excluding hydrogens is 432 g/mol. The molecule has 34 heavy (non-hydrogen) atoms. The molecule has 8 nitrogen and oxygen atoms in total. The van der Waals surface area contributed by atoms with Gasteiger partial charge in [-0.05, 0) is 49.8 Å². The van der Waals surface area contributed by atoms with Gasteiger partial charge in [-0.25, -0.2) is 9.97 Å². The van der Waals surface area contributed by atoms with E-state index < -0.39 is 5.60 Å². The topological polar surface area (TPSA) is 84.9 Å². The molecule has 1 aromatic carbocycles. The molecule has 4 rings (SSSR count). The van der Waals surface area contributed by atoms with Gasteiger partial charge < -0.3 is 19.3 Å². The molecular formula is C26H34N4O4. The molecule has 3 heterocycles. The van der Waals surface area contributed by atoms with Crippen LogP contribution in [0, 0.1) is 0 Å². The number of fused-ring (bicyclic) bond motifs is 1. The van der Waals surface area contributed by atoms with Crippen molar-refractivity contribution in [1.82, 2.24) is 19.8 Å². The van der Waals surface area contributed by atoms with Crippen LogP contribution < -0.4 is 4.74 Å². The number of amides is 2. The Labute approximate surface area is 201 Å². The van der Waals surface area contributed by atoms with Crippen molar-refractivity contribution in [2.45, 2.75) is 51.0 Å². The number of hydrogen-bond acceptors (Lipinski definition) is 6. The zero-order valence-electron chi connectivity index (χ0n) is 19.9. The zero-order valence-corrected chi connectivity index (χ0v) is 19.9. The zero-order chi connectivity index (χ0) is 23.8. The van der Waals surface area contributed by atoms with Crippen LogP contribution in [0.15, 0.2) is 42.9 Å². The van der Waals surface area contributed by atoms with Gasteiger partial charge in [-0.1, -0.05) is 31.5 Å². The molecule has 1 fully saturated rings. The standard InChI is InChI=1S/C26H34N4O4/c1-2-3-14-29-15-17-33-23-10-5-4-8-21(23)9-6-7-12-26(25(29)32)19-30(16-18-34-26)24(31)22-11-13-27-20-28-22/h4-5,8,10-11,13,20H,2-3,6-7,9,12,14-19H2,1H3. The van der Waals surface area contributed by atoms with E-state index in [1.807, 2.05) is 23.1 Å². The number of carbonyl (C=O) groups excluding carboxylic acids is 2. The van der Waals surface area contributed by atoms with Gasteiger partial charge in [0.2, 0.25) is 0 Å². The summed E-state index contributed by atoms with van der Waals surface area (Å²) in [6, 6.07) is 9.74. The second-order valence-corrected chi connectivity index (χ2v) is 8.97. The second-order valence-electron chi connectivity index (χ2n) is 8.97. The van der Waals surface area contributed by atoms with Crippen LogP contribution in [0.2, 0.25) is 0 Å². The van der Waals surface area contributed by atoms with Gasteiger partial charge in [-0.15, -0.1) is 0 Å². The number of aromatic nitrogens is 2. The van der Waals surface area contributed by atoms with Gasteiger partial charge in [-0.3, -0.25) is 9.59 Å². The first-order valence-electron chi connectivity index (χ1n) is 12.3. The Morgan fingerprint density at radius 3 is 2.85 bits per heavy atom. The van der Waals surface area contributed by atoms with Gasteiger partial charge in [0, 0.05) is 19.3 Å². The molecule has 1 aromatic heterocycles. The van der Waals surface area contributed by atoms with Crippen LogP contribution in [0.5, 0.6) is 5.75 Å². The number of morpholine rings is 1. The highest BCUT2D eigenvalue weighted by Gasteiger charge is 2.46. The predicted octanol–water partition coefficient (Wildman–Crippen LogP) is 3.12. The van der Waals surface area contributed by atoms with Crippen molar-refractivity contribution in [2.75, 3.05) is 39.4 Å². The number of carbonyl (C=O) groups is 2. The monoisotopic (exact) mass is 466 g/mol. The molecule has 2 amide bonds. The predicted molar refractivity (Wildman–Crippen MR) is 128 cm³/mol. The van der Waals surface area contributed by atoms with E-state index in [0.29, 0.717) is 45.0 Å². The van der Waals surface area contributed by atoms with Crippen molar-refractivity contribution in [2.24, 2.45) is 0 Å². The van der Waals surface area contributed by atoms with Crippen LogP contribution in [-0.2, 0) is 16.0 Å². The Hall–Kier alpha value is -3.00. The van der Waals surface area contributed by atoms with Gasteiger partial charge >= 0.3 is 0 Å². The lowest BCUT2D eigenvalue weighted by Gasteiger charge is -2.44. The maximum atomic E-state index is 14.0. The van der Waals surface area contributed by atoms with E-state index in [1.165, 1.54) is 11.9 Å². The van der Waals surface area contributed by atoms with Crippen molar-refractivity contribution in [1.29, 1.82) is 0 Å². The van der Waals surface area contributed by atoms with Crippen molar-refractivity contribution in [3.63, 3.8) is 0 Å². The fourth-order valence-electron chi connectivity index (χ4n) is 4.72. The Morgan fingerprint density at radius 2 is 2.03 bits per heavy atom. The molecule has 2 aliphatic rings. The van der Waals surface area contributed by atoms with Gasteiger partial charge in [0.15, 0.2) is 5.60 Å². The molecule has 0 radical (unpaired) electrons. The van der Waals surface area contributed by atoms with Crippen LogP contribution in [-0.4, -0.2) is 76.6 Å². The quantitative estimate of drug-likeness (QED) is 0.688. The largest absolute Gasteiger partial charge is 0.491 e. The maximum Gasteiger partial charge on any atom is 0.272 e. The van der Waals surface area contributed by atoms with E-state index in [1.54, 1.807) is 17.2 Å². The molecule has 1 spiro atoms. The first-order chi connectivity index (χ1) is 16.6. The number of benzene rings is 1. The molecule has 0 aliphatic carbocycles. The van der Waals surface area contributed by atoms with Gasteiger partial charge in [0.05, 0.1) is 19.7 Å². The summed E-state index contributed by atoms with van der Waals surface area (Å²) in [5.74, 6) is 0.663. The summed E-state index contributed by atoms with van der Waals surface area (Å²) in [6.07, 6.45) is 8.00. The average Bonchev–Trinajstić information content (AvgIpc) is 2.88. The molecule has 1 unspecified atom stereocenters. The molecule has 8 heteroatoms. The van der Waals surface area contributed by atoms with Crippen molar-refractivity contribution in [3.05, 3.63) is 54.1 Å². The highest BCUT2D eigenvalue weighted by molar-refractivity contribution is 5.93. The molecule has 0 N–H and O–H groups in total. The summed E-state index contributed by atoms with van der Waals surface area (Å²) in [5.41, 5.74) is 0.474. The van der Waals surface area contributed by atoms with Gasteiger partial charge in [0.25, 0.3) is 11.8 Å². The summed E-state index contributed by atoms with van der Waals surface area (Å²) in [6.45, 7) is 4.65. The van der Waals surface area contributed by atoms with E-state index in [2.05, 4.69) is 23.0 Å². The van der Waals surface area contributed by atoms with Crippen molar-refractivity contribution in [3.8, 4) is 5.75 Å². The minimum Gasteiger partial charge on any atom is -0.491 e. The van der Waals surface area contributed by atoms with Crippen LogP contribution in [0.1, 0.15) is 55.1 Å². The maximum absolute atomic E-state index is 14.0. The third-order valence-corrected chi connectivity index (χ3v) is 6.60. The van der Waals surface area contributed by atoms with Crippen LogP contribution in [0.3, 0.4) is 0 Å². The number of nitrogens with zero attached hydrogens (tertiary/aromatic N) is 4. The summed E-state index contributed by atoms with van der Waals surface area (Å²) < 4.78 is 12.4. The summed E-state index contributed by atoms with van der Waals surface area (Å²) >= 11 is 0. The lowest BCUT2D eigenvalue weighted by molar-refractivity contribution is -0.170. The van der Waals surface area contributed by atoms with E-state index in [0.717, 1.165) is 37.9 Å². The van der Waals surface area contributed by atoms with Crippen LogP contribution in [0.25, 0.3) is 0 Å². The van der Waals surface area contributed by atoms with E-state index in [-0.39, 0.29) is 18.4 Å².